The summed E-state index contributed by atoms with van der Waals surface area (Å²) >= 11 is 0. The summed E-state index contributed by atoms with van der Waals surface area (Å²) in [5.41, 5.74) is 1.23. The molecule has 0 spiro atoms. The number of methoxy groups -OCH3 is 2. The van der Waals surface area contributed by atoms with Gasteiger partial charge in [0, 0.05) is 35.3 Å². The number of nitrogens with one attached hydrogen (secondary N) is 1. The summed E-state index contributed by atoms with van der Waals surface area (Å²) in [5.74, 6) is -1.09. The highest BCUT2D eigenvalue weighted by atomic mass is 19.1. The van der Waals surface area contributed by atoms with E-state index in [0.717, 1.165) is 6.07 Å². The Morgan fingerprint density at radius 1 is 0.846 bits per heavy atom. The maximum Gasteiger partial charge on any atom is 0.367 e. The quantitative estimate of drug-likeness (QED) is 0.288. The summed E-state index contributed by atoms with van der Waals surface area (Å²) in [4.78, 5) is 21.4. The van der Waals surface area contributed by atoms with E-state index in [0.29, 0.717) is 39.4 Å². The van der Waals surface area contributed by atoms with Crippen molar-refractivity contribution in [3.8, 4) is 34.3 Å². The topological polar surface area (TPSA) is 98.0 Å². The number of nitrogens with zero attached hydrogens (tertiary/aromatic N) is 2. The lowest BCUT2D eigenvalue weighted by atomic mass is 10.1. The van der Waals surface area contributed by atoms with Crippen LogP contribution in [-0.4, -0.2) is 30.1 Å². The van der Waals surface area contributed by atoms with Crippen LogP contribution in [0, 0.1) is 16.8 Å². The minimum Gasteiger partial charge on any atom is -0.621 e. The van der Waals surface area contributed by atoms with E-state index < -0.39 is 22.6 Å². The third-order valence-corrected chi connectivity index (χ3v) is 5.95. The van der Waals surface area contributed by atoms with Gasteiger partial charge >= 0.3 is 5.91 Å². The molecule has 2 heterocycles. The van der Waals surface area contributed by atoms with Gasteiger partial charge in [0.2, 0.25) is 0 Å². The predicted octanol–water partition coefficient (Wildman–Crippen LogP) is 5.24. The monoisotopic (exact) mass is 529 g/mol. The molecule has 8 nitrogen and oxygen atoms in total. The zero-order valence-corrected chi connectivity index (χ0v) is 20.8. The van der Waals surface area contributed by atoms with Crippen LogP contribution in [0.5, 0.6) is 23.0 Å². The lowest BCUT2D eigenvalue weighted by Gasteiger charge is -2.19. The Morgan fingerprint density at radius 2 is 1.59 bits per heavy atom. The molecule has 10 heteroatoms. The Bertz CT molecular complexity index is 1680. The number of hydrogen-bond acceptors (Lipinski definition) is 7. The second-order valence-corrected chi connectivity index (χ2v) is 8.35. The highest BCUT2D eigenvalue weighted by Gasteiger charge is 2.21. The van der Waals surface area contributed by atoms with E-state index in [1.54, 1.807) is 30.3 Å². The molecular formula is C29H21F2N3O5. The summed E-state index contributed by atoms with van der Waals surface area (Å²) in [7, 11) is 3.00. The fourth-order valence-electron chi connectivity index (χ4n) is 3.97. The van der Waals surface area contributed by atoms with Crippen molar-refractivity contribution < 1.29 is 32.8 Å². The lowest BCUT2D eigenvalue weighted by molar-refractivity contribution is -0.679. The summed E-state index contributed by atoms with van der Waals surface area (Å²) in [6.07, 6.45) is 1.51. The molecule has 0 aliphatic carbocycles. The first-order valence-corrected chi connectivity index (χ1v) is 11.7. The second-order valence-electron chi connectivity index (χ2n) is 8.35. The van der Waals surface area contributed by atoms with Gasteiger partial charge in [-0.05, 0) is 54.6 Å². The molecule has 0 saturated carbocycles. The summed E-state index contributed by atoms with van der Waals surface area (Å²) < 4.78 is 44.7. The molecule has 2 aromatic heterocycles. The van der Waals surface area contributed by atoms with Crippen LogP contribution in [0.2, 0.25) is 0 Å². The molecule has 0 aliphatic heterocycles. The number of fused-ring (bicyclic) bond motifs is 1. The van der Waals surface area contributed by atoms with Crippen molar-refractivity contribution in [3.05, 3.63) is 108 Å². The Labute approximate surface area is 221 Å². The molecule has 0 aliphatic rings. The minimum absolute atomic E-state index is 0.116. The Balaban J connectivity index is 1.39. The van der Waals surface area contributed by atoms with Gasteiger partial charge in [0.15, 0.2) is 28.8 Å². The number of carbonyl (C=O) groups is 1. The van der Waals surface area contributed by atoms with E-state index >= 15 is 4.39 Å². The number of amides is 1. The number of aromatic nitrogens is 2. The molecule has 0 fully saturated rings. The predicted molar refractivity (Wildman–Crippen MR) is 139 cm³/mol. The number of rotatable bonds is 7. The molecule has 1 atom stereocenters. The number of halogens is 2. The highest BCUT2D eigenvalue weighted by molar-refractivity contribution is 5.89. The number of hydrogen-bond donors (Lipinski definition) is 1. The van der Waals surface area contributed by atoms with Crippen molar-refractivity contribution >= 4 is 22.5 Å². The molecule has 1 amide bonds. The fourth-order valence-corrected chi connectivity index (χ4v) is 3.97. The first-order chi connectivity index (χ1) is 18.9. The maximum absolute atomic E-state index is 15.0. The normalized spacial score (nSPS) is 11.7. The molecule has 0 bridgehead atoms. The molecule has 5 aromatic rings. The van der Waals surface area contributed by atoms with Gasteiger partial charge in [0.25, 0.3) is 0 Å². The summed E-state index contributed by atoms with van der Waals surface area (Å²) in [6, 6.07) is 18.6. The van der Waals surface area contributed by atoms with Crippen LogP contribution in [0.1, 0.15) is 10.5 Å². The number of benzene rings is 3. The van der Waals surface area contributed by atoms with E-state index in [2.05, 4.69) is 9.97 Å². The lowest BCUT2D eigenvalue weighted by Crippen LogP contribution is -3.05. The van der Waals surface area contributed by atoms with Crippen LogP contribution in [0.15, 0.2) is 85.1 Å². The van der Waals surface area contributed by atoms with E-state index in [1.807, 2.05) is 0 Å². The van der Waals surface area contributed by atoms with Gasteiger partial charge in [-0.15, -0.1) is 0 Å². The number of quaternary nitrogens is 1. The SMILES string of the molecule is COc1cc2nccc(Oc3ccc([NH+]([O-])C(=O)c4cccc(-c5ccc(F)cc5)n4)cc3F)c2cc1OC. The highest BCUT2D eigenvalue weighted by Crippen LogP contribution is 2.37. The largest absolute Gasteiger partial charge is 0.621 e. The number of pyridine rings is 2. The zero-order chi connectivity index (χ0) is 27.5. The second kappa shape index (κ2) is 10.8. The number of carbonyl (C=O) groups excluding carboxylic acids is 1. The molecular weight excluding hydrogens is 508 g/mol. The Kier molecular flexibility index (Phi) is 7.13. The van der Waals surface area contributed by atoms with Gasteiger partial charge in [-0.3, -0.25) is 10.0 Å². The van der Waals surface area contributed by atoms with Gasteiger partial charge in [-0.2, -0.15) is 0 Å². The standard InChI is InChI=1S/C29H21F2N3O5/c1-37-27-15-20-24(16-28(27)38-2)32-13-12-25(20)39-26-11-10-19(14-21(26)31)34(36)29(35)23-5-3-4-22(33-23)17-6-8-18(30)9-7-17/h3-16,34H,1-2H3. The smallest absolute Gasteiger partial charge is 0.367 e. The van der Waals surface area contributed by atoms with Crippen molar-refractivity contribution in [1.29, 1.82) is 0 Å². The third-order valence-electron chi connectivity index (χ3n) is 5.95. The maximum atomic E-state index is 15.0. The van der Waals surface area contributed by atoms with Crippen LogP contribution < -0.4 is 19.3 Å². The number of hydroxylamine groups is 1. The van der Waals surface area contributed by atoms with Crippen LogP contribution in [0.25, 0.3) is 22.2 Å². The van der Waals surface area contributed by atoms with Gasteiger partial charge < -0.3 is 19.4 Å². The fraction of sp³-hybridized carbons (Fsp3) is 0.0690. The van der Waals surface area contributed by atoms with Gasteiger partial charge in [-0.1, -0.05) is 6.07 Å². The van der Waals surface area contributed by atoms with Crippen LogP contribution >= 0.6 is 0 Å². The van der Waals surface area contributed by atoms with Crippen molar-refractivity contribution in [2.24, 2.45) is 0 Å². The van der Waals surface area contributed by atoms with E-state index in [4.69, 9.17) is 14.2 Å². The zero-order valence-electron chi connectivity index (χ0n) is 20.8. The van der Waals surface area contributed by atoms with Crippen LogP contribution in [0.3, 0.4) is 0 Å². The average Bonchev–Trinajstić information content (AvgIpc) is 2.97. The van der Waals surface area contributed by atoms with Gasteiger partial charge in [0.1, 0.15) is 17.3 Å². The Hall–Kier alpha value is -4.93. The average molecular weight is 529 g/mol. The molecule has 3 aromatic carbocycles. The molecule has 5 rings (SSSR count). The first-order valence-electron chi connectivity index (χ1n) is 11.7. The van der Waals surface area contributed by atoms with Gasteiger partial charge in [0.05, 0.1) is 25.4 Å². The van der Waals surface area contributed by atoms with E-state index in [1.165, 1.54) is 62.9 Å². The molecule has 0 saturated heterocycles. The summed E-state index contributed by atoms with van der Waals surface area (Å²) in [5, 5.41) is 12.5. The van der Waals surface area contributed by atoms with Crippen LogP contribution in [0.4, 0.5) is 14.5 Å². The molecule has 1 unspecified atom stereocenters. The molecule has 0 radical (unpaired) electrons. The third kappa shape index (κ3) is 5.24. The minimum atomic E-state index is -0.935. The first kappa shape index (κ1) is 25.7. The summed E-state index contributed by atoms with van der Waals surface area (Å²) in [6.45, 7) is 0. The van der Waals surface area contributed by atoms with E-state index in [9.17, 15) is 14.4 Å². The van der Waals surface area contributed by atoms with Crippen LogP contribution in [-0.2, 0) is 0 Å². The molecule has 1 N–H and O–H groups in total. The molecule has 39 heavy (non-hydrogen) atoms. The van der Waals surface area contributed by atoms with Crippen molar-refractivity contribution in [3.63, 3.8) is 0 Å². The Morgan fingerprint density at radius 3 is 2.31 bits per heavy atom. The molecule has 196 valence electrons. The van der Waals surface area contributed by atoms with E-state index in [-0.39, 0.29) is 17.1 Å². The number of ether oxygens (including phenoxy) is 3. The van der Waals surface area contributed by atoms with Gasteiger partial charge in [-0.25, -0.2) is 18.6 Å². The van der Waals surface area contributed by atoms with Crippen molar-refractivity contribution in [2.75, 3.05) is 14.2 Å². The van der Waals surface area contributed by atoms with Crippen molar-refractivity contribution in [1.82, 2.24) is 9.97 Å². The van der Waals surface area contributed by atoms with Crippen molar-refractivity contribution in [2.45, 2.75) is 0 Å².